The summed E-state index contributed by atoms with van der Waals surface area (Å²) in [6.07, 6.45) is 3.00. The van der Waals surface area contributed by atoms with Gasteiger partial charge in [-0.3, -0.25) is 0 Å². The van der Waals surface area contributed by atoms with Crippen LogP contribution in [-0.4, -0.2) is 30.3 Å². The van der Waals surface area contributed by atoms with Crippen molar-refractivity contribution in [3.8, 4) is 0 Å². The molecule has 17 heavy (non-hydrogen) atoms. The van der Waals surface area contributed by atoms with Gasteiger partial charge in [0.25, 0.3) is 0 Å². The van der Waals surface area contributed by atoms with Gasteiger partial charge in [0, 0.05) is 18.4 Å². The molecule has 96 valence electrons. The lowest BCUT2D eigenvalue weighted by atomic mass is 10.1. The molecular formula is C14H23NOS. The van der Waals surface area contributed by atoms with Crippen LogP contribution in [0.1, 0.15) is 24.9 Å². The second-order valence-corrected chi connectivity index (χ2v) is 5.35. The van der Waals surface area contributed by atoms with Crippen LogP contribution in [0.4, 0.5) is 0 Å². The zero-order valence-electron chi connectivity index (χ0n) is 10.7. The fourth-order valence-corrected chi connectivity index (χ4v) is 2.43. The summed E-state index contributed by atoms with van der Waals surface area (Å²) in [7, 11) is 0. The molecule has 1 rings (SSSR count). The molecule has 0 radical (unpaired) electrons. The third-order valence-electron chi connectivity index (χ3n) is 2.87. The lowest BCUT2D eigenvalue weighted by Crippen LogP contribution is -2.28. The van der Waals surface area contributed by atoms with Crippen LogP contribution in [0, 0.1) is 5.92 Å². The first-order valence-corrected chi connectivity index (χ1v) is 7.55. The van der Waals surface area contributed by atoms with E-state index in [2.05, 4.69) is 42.8 Å². The maximum absolute atomic E-state index is 8.89. The van der Waals surface area contributed by atoms with E-state index in [0.717, 1.165) is 18.7 Å². The Balaban J connectivity index is 2.49. The van der Waals surface area contributed by atoms with Gasteiger partial charge in [0.1, 0.15) is 0 Å². The molecular weight excluding hydrogens is 230 g/mol. The molecule has 0 amide bonds. The molecule has 0 fully saturated rings. The van der Waals surface area contributed by atoms with Gasteiger partial charge in [-0.15, -0.1) is 0 Å². The molecule has 0 spiro atoms. The van der Waals surface area contributed by atoms with Crippen molar-refractivity contribution in [1.29, 1.82) is 0 Å². The minimum absolute atomic E-state index is 0.279. The van der Waals surface area contributed by atoms with Crippen molar-refractivity contribution < 1.29 is 5.11 Å². The molecule has 0 aliphatic rings. The molecule has 2 unspecified atom stereocenters. The SMILES string of the molecule is CSCC(NCC(C)CCO)c1ccccc1. The molecule has 0 saturated carbocycles. The predicted octanol–water partition coefficient (Wildman–Crippen LogP) is 2.70. The van der Waals surface area contributed by atoms with Crippen molar-refractivity contribution in [1.82, 2.24) is 5.32 Å². The molecule has 2 atom stereocenters. The normalized spacial score (nSPS) is 14.5. The first-order valence-electron chi connectivity index (χ1n) is 6.16. The fraction of sp³-hybridized carbons (Fsp3) is 0.571. The number of aliphatic hydroxyl groups is 1. The van der Waals surface area contributed by atoms with E-state index in [1.807, 2.05) is 17.8 Å². The third-order valence-corrected chi connectivity index (χ3v) is 3.54. The molecule has 3 heteroatoms. The molecule has 0 bridgehead atoms. The Kier molecular flexibility index (Phi) is 7.33. The van der Waals surface area contributed by atoms with Crippen LogP contribution < -0.4 is 5.32 Å². The van der Waals surface area contributed by atoms with Crippen LogP contribution in [0.5, 0.6) is 0 Å². The molecule has 2 nitrogen and oxygen atoms in total. The predicted molar refractivity (Wildman–Crippen MR) is 76.4 cm³/mol. The van der Waals surface area contributed by atoms with Crippen molar-refractivity contribution in [3.63, 3.8) is 0 Å². The zero-order valence-corrected chi connectivity index (χ0v) is 11.5. The van der Waals surface area contributed by atoms with Crippen LogP contribution >= 0.6 is 11.8 Å². The van der Waals surface area contributed by atoms with Gasteiger partial charge in [0.05, 0.1) is 0 Å². The smallest absolute Gasteiger partial charge is 0.0434 e. The quantitative estimate of drug-likeness (QED) is 0.747. The van der Waals surface area contributed by atoms with Gasteiger partial charge in [-0.25, -0.2) is 0 Å². The van der Waals surface area contributed by atoms with Gasteiger partial charge >= 0.3 is 0 Å². The first kappa shape index (κ1) is 14.6. The number of nitrogens with one attached hydrogen (secondary N) is 1. The minimum atomic E-state index is 0.279. The van der Waals surface area contributed by atoms with Crippen LogP contribution in [0.15, 0.2) is 30.3 Å². The number of hydrogen-bond donors (Lipinski definition) is 2. The molecule has 0 saturated heterocycles. The number of benzene rings is 1. The van der Waals surface area contributed by atoms with Crippen molar-refractivity contribution in [2.75, 3.05) is 25.2 Å². The highest BCUT2D eigenvalue weighted by Gasteiger charge is 2.11. The number of aliphatic hydroxyl groups excluding tert-OH is 1. The van der Waals surface area contributed by atoms with Crippen molar-refractivity contribution in [3.05, 3.63) is 35.9 Å². The molecule has 0 aliphatic carbocycles. The van der Waals surface area contributed by atoms with Gasteiger partial charge in [-0.1, -0.05) is 37.3 Å². The molecule has 0 aliphatic heterocycles. The Morgan fingerprint density at radius 3 is 2.59 bits per heavy atom. The van der Waals surface area contributed by atoms with Crippen LogP contribution in [0.2, 0.25) is 0 Å². The topological polar surface area (TPSA) is 32.3 Å². The van der Waals surface area contributed by atoms with Crippen LogP contribution in [0.25, 0.3) is 0 Å². The maximum Gasteiger partial charge on any atom is 0.0434 e. The van der Waals surface area contributed by atoms with Gasteiger partial charge in [-0.2, -0.15) is 11.8 Å². The third kappa shape index (κ3) is 5.57. The largest absolute Gasteiger partial charge is 0.396 e. The number of thioether (sulfide) groups is 1. The highest BCUT2D eigenvalue weighted by atomic mass is 32.2. The van der Waals surface area contributed by atoms with E-state index in [1.165, 1.54) is 5.56 Å². The summed E-state index contributed by atoms with van der Waals surface area (Å²) in [5, 5.41) is 12.5. The summed E-state index contributed by atoms with van der Waals surface area (Å²) < 4.78 is 0. The Bertz CT molecular complexity index is 292. The molecule has 0 aromatic heterocycles. The molecule has 1 aromatic carbocycles. The lowest BCUT2D eigenvalue weighted by molar-refractivity contribution is 0.258. The Hall–Kier alpha value is -0.510. The highest BCUT2D eigenvalue weighted by Crippen LogP contribution is 2.17. The van der Waals surface area contributed by atoms with E-state index in [-0.39, 0.29) is 6.61 Å². The van der Waals surface area contributed by atoms with E-state index in [4.69, 9.17) is 5.11 Å². The van der Waals surface area contributed by atoms with Gasteiger partial charge in [0.2, 0.25) is 0 Å². The second-order valence-electron chi connectivity index (χ2n) is 4.44. The highest BCUT2D eigenvalue weighted by molar-refractivity contribution is 7.98. The van der Waals surface area contributed by atoms with E-state index in [0.29, 0.717) is 12.0 Å². The van der Waals surface area contributed by atoms with E-state index in [9.17, 15) is 0 Å². The fourth-order valence-electron chi connectivity index (χ4n) is 1.79. The minimum Gasteiger partial charge on any atom is -0.396 e. The summed E-state index contributed by atoms with van der Waals surface area (Å²) in [4.78, 5) is 0. The van der Waals surface area contributed by atoms with Crippen LogP contribution in [0.3, 0.4) is 0 Å². The number of hydrogen-bond acceptors (Lipinski definition) is 3. The Labute approximate surface area is 109 Å². The summed E-state index contributed by atoms with van der Waals surface area (Å²) in [5.41, 5.74) is 1.35. The van der Waals surface area contributed by atoms with Crippen molar-refractivity contribution in [2.24, 2.45) is 5.92 Å². The van der Waals surface area contributed by atoms with Crippen molar-refractivity contribution in [2.45, 2.75) is 19.4 Å². The molecule has 0 heterocycles. The lowest BCUT2D eigenvalue weighted by Gasteiger charge is -2.20. The van der Waals surface area contributed by atoms with E-state index in [1.54, 1.807) is 0 Å². The average Bonchev–Trinajstić information content (AvgIpc) is 2.36. The van der Waals surface area contributed by atoms with Gasteiger partial charge in [-0.05, 0) is 30.7 Å². The molecule has 1 aromatic rings. The monoisotopic (exact) mass is 253 g/mol. The van der Waals surface area contributed by atoms with Gasteiger partial charge < -0.3 is 10.4 Å². The van der Waals surface area contributed by atoms with Crippen molar-refractivity contribution >= 4 is 11.8 Å². The van der Waals surface area contributed by atoms with Gasteiger partial charge in [0.15, 0.2) is 0 Å². The summed E-state index contributed by atoms with van der Waals surface area (Å²) in [6.45, 7) is 3.41. The van der Waals surface area contributed by atoms with E-state index >= 15 is 0 Å². The van der Waals surface area contributed by atoms with E-state index < -0.39 is 0 Å². The molecule has 2 N–H and O–H groups in total. The number of rotatable bonds is 8. The Morgan fingerprint density at radius 1 is 1.29 bits per heavy atom. The Morgan fingerprint density at radius 2 is 2.00 bits per heavy atom. The maximum atomic E-state index is 8.89. The summed E-state index contributed by atoms with van der Waals surface area (Å²) >= 11 is 1.86. The first-order chi connectivity index (χ1) is 8.27. The second kappa shape index (κ2) is 8.56. The van der Waals surface area contributed by atoms with Crippen LogP contribution in [-0.2, 0) is 0 Å². The summed E-state index contributed by atoms with van der Waals surface area (Å²) in [5.74, 6) is 1.60. The zero-order chi connectivity index (χ0) is 12.5. The summed E-state index contributed by atoms with van der Waals surface area (Å²) in [6, 6.07) is 11.0. The average molecular weight is 253 g/mol. The standard InChI is InChI=1S/C14H23NOS/c1-12(8-9-16)10-15-14(11-17-2)13-6-4-3-5-7-13/h3-7,12,14-16H,8-11H2,1-2H3.